The maximum atomic E-state index is 11.8. The van der Waals surface area contributed by atoms with Crippen LogP contribution in [0, 0.1) is 0 Å². The molecule has 0 fully saturated rings. The lowest BCUT2D eigenvalue weighted by atomic mass is 10.2. The Morgan fingerprint density at radius 3 is 2.64 bits per heavy atom. The van der Waals surface area contributed by atoms with Crippen molar-refractivity contribution in [3.63, 3.8) is 0 Å². The minimum atomic E-state index is -0.138. The zero-order chi connectivity index (χ0) is 17.3. The first-order valence-corrected chi connectivity index (χ1v) is 8.79. The predicted molar refractivity (Wildman–Crippen MR) is 101 cm³/mol. The topological polar surface area (TPSA) is 50.7 Å². The van der Waals surface area contributed by atoms with Gasteiger partial charge in [-0.1, -0.05) is 48.5 Å². The van der Waals surface area contributed by atoms with E-state index in [0.29, 0.717) is 13.0 Å². The Bertz CT molecular complexity index is 830. The Kier molecular flexibility index (Phi) is 5.96. The number of ether oxygens (including phenoxy) is 1. The highest BCUT2D eigenvalue weighted by molar-refractivity contribution is 7.10. The third-order valence-corrected chi connectivity index (χ3v) is 4.34. The Balaban J connectivity index is 1.57. The number of carbonyl (C=O) groups is 1. The van der Waals surface area contributed by atoms with Crippen molar-refractivity contribution in [2.75, 3.05) is 0 Å². The molecule has 1 amide bonds. The van der Waals surface area contributed by atoms with Crippen LogP contribution in [0.5, 0.6) is 5.75 Å². The summed E-state index contributed by atoms with van der Waals surface area (Å²) in [6.45, 7) is 0.483. The van der Waals surface area contributed by atoms with Crippen molar-refractivity contribution in [3.05, 3.63) is 88.1 Å². The molecule has 2 aromatic carbocycles. The maximum absolute atomic E-state index is 11.8. The fourth-order valence-electron chi connectivity index (χ4n) is 2.24. The van der Waals surface area contributed by atoms with E-state index in [9.17, 15) is 4.79 Å². The molecule has 0 atom stereocenters. The Morgan fingerprint density at radius 1 is 1.04 bits per heavy atom. The number of nitrogens with zero attached hydrogens (tertiary/aromatic N) is 1. The van der Waals surface area contributed by atoms with E-state index >= 15 is 0 Å². The number of hydrazone groups is 1. The summed E-state index contributed by atoms with van der Waals surface area (Å²) >= 11 is 1.56. The Morgan fingerprint density at radius 2 is 1.84 bits per heavy atom. The summed E-state index contributed by atoms with van der Waals surface area (Å²) in [5.74, 6) is 0.587. The first kappa shape index (κ1) is 16.9. The van der Waals surface area contributed by atoms with Gasteiger partial charge in [0.05, 0.1) is 12.6 Å². The van der Waals surface area contributed by atoms with Gasteiger partial charge in [0, 0.05) is 10.4 Å². The minimum absolute atomic E-state index is 0.138. The van der Waals surface area contributed by atoms with Crippen molar-refractivity contribution in [2.24, 2.45) is 5.10 Å². The molecule has 0 radical (unpaired) electrons. The van der Waals surface area contributed by atoms with Gasteiger partial charge in [-0.25, -0.2) is 5.43 Å². The molecule has 25 heavy (non-hydrogen) atoms. The summed E-state index contributed by atoms with van der Waals surface area (Å²) in [4.78, 5) is 12.9. The maximum Gasteiger partial charge on any atom is 0.245 e. The first-order chi connectivity index (χ1) is 12.3. The third-order valence-electron chi connectivity index (χ3n) is 3.46. The van der Waals surface area contributed by atoms with Crippen LogP contribution in [0.1, 0.15) is 16.0 Å². The number of nitrogens with one attached hydrogen (secondary N) is 1. The summed E-state index contributed by atoms with van der Waals surface area (Å²) in [6.07, 6.45) is 1.94. The van der Waals surface area contributed by atoms with Crippen LogP contribution in [-0.4, -0.2) is 12.1 Å². The molecule has 0 aliphatic heterocycles. The summed E-state index contributed by atoms with van der Waals surface area (Å²) in [6, 6.07) is 21.4. The minimum Gasteiger partial charge on any atom is -0.488 e. The SMILES string of the molecule is O=C(Cc1cccs1)N/N=C/c1ccccc1OCc1ccccc1. The van der Waals surface area contributed by atoms with Gasteiger partial charge in [-0.2, -0.15) is 5.10 Å². The van der Waals surface area contributed by atoms with Gasteiger partial charge in [0.25, 0.3) is 0 Å². The second-order valence-corrected chi connectivity index (χ2v) is 6.39. The highest BCUT2D eigenvalue weighted by Crippen LogP contribution is 2.17. The number of amides is 1. The number of thiophene rings is 1. The second kappa shape index (κ2) is 8.80. The summed E-state index contributed by atoms with van der Waals surface area (Å²) in [5.41, 5.74) is 4.46. The lowest BCUT2D eigenvalue weighted by Gasteiger charge is -2.08. The lowest BCUT2D eigenvalue weighted by molar-refractivity contribution is -0.120. The van der Waals surface area contributed by atoms with Crippen molar-refractivity contribution in [2.45, 2.75) is 13.0 Å². The molecule has 1 N–H and O–H groups in total. The zero-order valence-corrected chi connectivity index (χ0v) is 14.4. The molecule has 0 unspecified atom stereocenters. The highest BCUT2D eigenvalue weighted by Gasteiger charge is 2.04. The number of carbonyl (C=O) groups excluding carboxylic acids is 1. The van der Waals surface area contributed by atoms with Gasteiger partial charge in [0.2, 0.25) is 5.91 Å². The van der Waals surface area contributed by atoms with E-state index in [2.05, 4.69) is 10.5 Å². The molecule has 3 aromatic rings. The molecule has 0 bridgehead atoms. The number of rotatable bonds is 7. The van der Waals surface area contributed by atoms with E-state index in [1.807, 2.05) is 72.1 Å². The van der Waals surface area contributed by atoms with Crippen LogP contribution < -0.4 is 10.2 Å². The van der Waals surface area contributed by atoms with Gasteiger partial charge >= 0.3 is 0 Å². The largest absolute Gasteiger partial charge is 0.488 e. The molecule has 3 rings (SSSR count). The fraction of sp³-hybridized carbons (Fsp3) is 0.100. The average Bonchev–Trinajstić information content (AvgIpc) is 3.15. The molecule has 0 spiro atoms. The van der Waals surface area contributed by atoms with E-state index in [4.69, 9.17) is 4.74 Å². The van der Waals surface area contributed by atoms with Crippen LogP contribution in [0.25, 0.3) is 0 Å². The molecule has 4 nitrogen and oxygen atoms in total. The van der Waals surface area contributed by atoms with Gasteiger partial charge in [-0.3, -0.25) is 4.79 Å². The number of hydrogen-bond acceptors (Lipinski definition) is 4. The zero-order valence-electron chi connectivity index (χ0n) is 13.6. The number of benzene rings is 2. The second-order valence-electron chi connectivity index (χ2n) is 5.36. The van der Waals surface area contributed by atoms with Crippen molar-refractivity contribution >= 4 is 23.5 Å². The average molecular weight is 350 g/mol. The van der Waals surface area contributed by atoms with Crippen LogP contribution in [-0.2, 0) is 17.8 Å². The molecular formula is C20H18N2O2S. The van der Waals surface area contributed by atoms with Gasteiger partial charge in [-0.05, 0) is 29.1 Å². The van der Waals surface area contributed by atoms with Crippen LogP contribution in [0.2, 0.25) is 0 Å². The lowest BCUT2D eigenvalue weighted by Crippen LogP contribution is -2.19. The van der Waals surface area contributed by atoms with E-state index in [-0.39, 0.29) is 5.91 Å². The molecule has 0 aliphatic rings. The normalized spacial score (nSPS) is 10.7. The van der Waals surface area contributed by atoms with Crippen LogP contribution in [0.15, 0.2) is 77.2 Å². The predicted octanol–water partition coefficient (Wildman–Crippen LogP) is 4.02. The smallest absolute Gasteiger partial charge is 0.245 e. The number of hydrogen-bond donors (Lipinski definition) is 1. The monoisotopic (exact) mass is 350 g/mol. The summed E-state index contributed by atoms with van der Waals surface area (Å²) in [5, 5.41) is 5.99. The fourth-order valence-corrected chi connectivity index (χ4v) is 2.94. The van der Waals surface area contributed by atoms with Crippen LogP contribution in [0.4, 0.5) is 0 Å². The molecule has 1 heterocycles. The number of para-hydroxylation sites is 1. The molecule has 0 saturated heterocycles. The Hall–Kier alpha value is -2.92. The molecule has 1 aromatic heterocycles. The molecular weight excluding hydrogens is 332 g/mol. The highest BCUT2D eigenvalue weighted by atomic mass is 32.1. The summed E-state index contributed by atoms with van der Waals surface area (Å²) < 4.78 is 5.86. The van der Waals surface area contributed by atoms with Crippen molar-refractivity contribution in [3.8, 4) is 5.75 Å². The Labute approximate surface area is 150 Å². The molecule has 0 saturated carbocycles. The van der Waals surface area contributed by atoms with Crippen LogP contribution >= 0.6 is 11.3 Å². The van der Waals surface area contributed by atoms with Gasteiger partial charge in [0.15, 0.2) is 0 Å². The van der Waals surface area contributed by atoms with Crippen LogP contribution in [0.3, 0.4) is 0 Å². The quantitative estimate of drug-likeness (QED) is 0.517. The van der Waals surface area contributed by atoms with Crippen molar-refractivity contribution < 1.29 is 9.53 Å². The van der Waals surface area contributed by atoms with Crippen molar-refractivity contribution in [1.29, 1.82) is 0 Å². The van der Waals surface area contributed by atoms with Gasteiger partial charge in [0.1, 0.15) is 12.4 Å². The van der Waals surface area contributed by atoms with Gasteiger partial charge in [-0.15, -0.1) is 11.3 Å². The summed E-state index contributed by atoms with van der Waals surface area (Å²) in [7, 11) is 0. The third kappa shape index (κ3) is 5.29. The molecule has 0 aliphatic carbocycles. The molecule has 126 valence electrons. The van der Waals surface area contributed by atoms with E-state index in [1.165, 1.54) is 0 Å². The van der Waals surface area contributed by atoms with E-state index < -0.39 is 0 Å². The first-order valence-electron chi connectivity index (χ1n) is 7.91. The standard InChI is InChI=1S/C20H18N2O2S/c23-20(13-18-10-6-12-25-18)22-21-14-17-9-4-5-11-19(17)24-15-16-7-2-1-3-8-16/h1-12,14H,13,15H2,(H,22,23)/b21-14+. The van der Waals surface area contributed by atoms with E-state index in [0.717, 1.165) is 21.8 Å². The van der Waals surface area contributed by atoms with E-state index in [1.54, 1.807) is 17.6 Å². The van der Waals surface area contributed by atoms with Crippen molar-refractivity contribution in [1.82, 2.24) is 5.43 Å². The molecule has 5 heteroatoms. The van der Waals surface area contributed by atoms with Gasteiger partial charge < -0.3 is 4.74 Å².